The number of hydrogen-bond acceptors (Lipinski definition) is 7. The highest BCUT2D eigenvalue weighted by Crippen LogP contribution is 2.35. The van der Waals surface area contributed by atoms with Crippen molar-refractivity contribution in [1.29, 1.82) is 0 Å². The average molecular weight is 516 g/mol. The maximum absolute atomic E-state index is 15.2. The van der Waals surface area contributed by atoms with Crippen molar-refractivity contribution in [2.45, 2.75) is 31.4 Å². The predicted octanol–water partition coefficient (Wildman–Crippen LogP) is 4.97. The third-order valence-corrected chi connectivity index (χ3v) is 7.89. The van der Waals surface area contributed by atoms with Crippen LogP contribution in [0.3, 0.4) is 0 Å². The van der Waals surface area contributed by atoms with Gasteiger partial charge >= 0.3 is 11.6 Å². The highest BCUT2D eigenvalue weighted by molar-refractivity contribution is 7.93. The summed E-state index contributed by atoms with van der Waals surface area (Å²) in [7, 11) is -3.63. The Morgan fingerprint density at radius 2 is 1.94 bits per heavy atom. The van der Waals surface area contributed by atoms with Gasteiger partial charge in [-0.2, -0.15) is 0 Å². The van der Waals surface area contributed by atoms with Crippen molar-refractivity contribution in [3.8, 4) is 11.8 Å². The number of benzene rings is 2. The summed E-state index contributed by atoms with van der Waals surface area (Å²) in [5, 5.41) is 0.305. The lowest BCUT2D eigenvalue weighted by molar-refractivity contribution is 0.441. The molecular weight excluding hydrogens is 497 g/mol. The second kappa shape index (κ2) is 8.94. The maximum atomic E-state index is 15.2. The van der Waals surface area contributed by atoms with Gasteiger partial charge in [0.1, 0.15) is 5.58 Å². The number of fused-ring (bicyclic) bond motifs is 1. The third kappa shape index (κ3) is 4.71. The number of sulfonamides is 1. The van der Waals surface area contributed by atoms with E-state index in [0.717, 1.165) is 0 Å². The van der Waals surface area contributed by atoms with Gasteiger partial charge in [-0.15, -0.1) is 0 Å². The van der Waals surface area contributed by atoms with Gasteiger partial charge in [0.05, 0.1) is 16.0 Å². The molecule has 0 amide bonds. The summed E-state index contributed by atoms with van der Waals surface area (Å²) in [5.41, 5.74) is 0.382. The maximum Gasteiger partial charge on any atom is 0.340 e. The molecule has 0 radical (unpaired) electrons. The molecule has 0 saturated heterocycles. The molecule has 0 unspecified atom stereocenters. The Balaban J connectivity index is 1.49. The van der Waals surface area contributed by atoms with Gasteiger partial charge in [0.15, 0.2) is 11.6 Å². The monoisotopic (exact) mass is 515 g/mol. The smallest absolute Gasteiger partial charge is 0.340 e. The molecule has 1 aliphatic rings. The molecule has 0 atom stereocenters. The van der Waals surface area contributed by atoms with Gasteiger partial charge in [0, 0.05) is 35.8 Å². The molecule has 2 heterocycles. The number of aromatic nitrogens is 2. The molecule has 1 N–H and O–H groups in total. The number of ether oxygens (including phenoxy) is 1. The van der Waals surface area contributed by atoms with Crippen LogP contribution < -0.4 is 15.1 Å². The van der Waals surface area contributed by atoms with Crippen LogP contribution >= 0.6 is 11.6 Å². The molecular formula is C24H19ClFN3O5S. The molecule has 1 fully saturated rings. The summed E-state index contributed by atoms with van der Waals surface area (Å²) >= 11 is 6.39. The van der Waals surface area contributed by atoms with Crippen molar-refractivity contribution in [1.82, 2.24) is 9.97 Å². The van der Waals surface area contributed by atoms with Crippen LogP contribution in [0.4, 0.5) is 10.1 Å². The highest BCUT2D eigenvalue weighted by Gasteiger charge is 2.36. The molecule has 1 saturated carbocycles. The van der Waals surface area contributed by atoms with Gasteiger partial charge in [-0.3, -0.25) is 4.72 Å². The fourth-order valence-electron chi connectivity index (χ4n) is 3.71. The van der Waals surface area contributed by atoms with Crippen LogP contribution in [0.2, 0.25) is 5.02 Å². The molecule has 35 heavy (non-hydrogen) atoms. The minimum absolute atomic E-state index is 0.0807. The average Bonchev–Trinajstić information content (AvgIpc) is 3.67. The zero-order valence-corrected chi connectivity index (χ0v) is 20.0. The number of rotatable bonds is 7. The normalized spacial score (nSPS) is 13.7. The Hall–Kier alpha value is -3.50. The summed E-state index contributed by atoms with van der Waals surface area (Å²) in [6.07, 6.45) is 4.05. The first kappa shape index (κ1) is 23.3. The van der Waals surface area contributed by atoms with Gasteiger partial charge in [-0.1, -0.05) is 23.7 Å². The Morgan fingerprint density at radius 1 is 1.20 bits per heavy atom. The number of nitrogens with one attached hydrogen (secondary N) is 1. The van der Waals surface area contributed by atoms with Gasteiger partial charge in [-0.05, 0) is 49.1 Å². The molecule has 2 aromatic heterocycles. The van der Waals surface area contributed by atoms with Crippen LogP contribution in [0.1, 0.15) is 29.5 Å². The lowest BCUT2D eigenvalue weighted by Gasteiger charge is -2.13. The van der Waals surface area contributed by atoms with Crippen molar-refractivity contribution < 1.29 is 22.0 Å². The Bertz CT molecular complexity index is 1610. The predicted molar refractivity (Wildman–Crippen MR) is 129 cm³/mol. The molecule has 180 valence electrons. The summed E-state index contributed by atoms with van der Waals surface area (Å²) in [6.45, 7) is 1.71. The van der Waals surface area contributed by atoms with Gasteiger partial charge in [0.25, 0.3) is 0 Å². The Labute approximate surface area is 204 Å². The van der Waals surface area contributed by atoms with Gasteiger partial charge < -0.3 is 9.15 Å². The molecule has 11 heteroatoms. The van der Waals surface area contributed by atoms with E-state index in [1.807, 2.05) is 0 Å². The fourth-order valence-corrected chi connectivity index (χ4v) is 5.30. The molecule has 2 aromatic carbocycles. The summed E-state index contributed by atoms with van der Waals surface area (Å²) < 4.78 is 53.1. The zero-order valence-electron chi connectivity index (χ0n) is 18.4. The Morgan fingerprint density at radius 3 is 2.66 bits per heavy atom. The quantitative estimate of drug-likeness (QED) is 0.346. The van der Waals surface area contributed by atoms with Crippen molar-refractivity contribution >= 4 is 38.3 Å². The number of anilines is 1. The topological polar surface area (TPSA) is 111 Å². The molecule has 0 spiro atoms. The molecule has 8 nitrogen and oxygen atoms in total. The van der Waals surface area contributed by atoms with E-state index in [2.05, 4.69) is 14.7 Å². The van der Waals surface area contributed by atoms with Crippen molar-refractivity contribution in [3.05, 3.63) is 86.7 Å². The van der Waals surface area contributed by atoms with E-state index in [9.17, 15) is 13.2 Å². The van der Waals surface area contributed by atoms with E-state index in [1.54, 1.807) is 19.1 Å². The first-order valence-corrected chi connectivity index (χ1v) is 12.6. The molecule has 0 aliphatic heterocycles. The van der Waals surface area contributed by atoms with E-state index in [0.29, 0.717) is 23.8 Å². The number of halogens is 2. The second-order valence-corrected chi connectivity index (χ2v) is 10.6. The minimum atomic E-state index is -3.63. The minimum Gasteiger partial charge on any atom is -0.423 e. The molecule has 0 bridgehead atoms. The largest absolute Gasteiger partial charge is 0.423 e. The SMILES string of the molecule is Cc1c(Cc2cccc(NS(=O)(=O)C3CC3)c2F)c(=O)oc2cc(Oc3ncccn3)c(Cl)cc12. The third-order valence-electron chi connectivity index (χ3n) is 5.74. The standard InChI is InChI=1S/C24H19ClFN3O5S/c1-13-16-11-18(25)21(34-24-27-8-3-9-28-24)12-20(16)33-23(30)17(13)10-14-4-2-5-19(22(14)26)29-35(31,32)15-6-7-15/h2-5,8-9,11-12,15,29H,6-7,10H2,1H3. The van der Waals surface area contributed by atoms with E-state index < -0.39 is 26.7 Å². The highest BCUT2D eigenvalue weighted by atomic mass is 35.5. The molecule has 4 aromatic rings. The van der Waals surface area contributed by atoms with Crippen LogP contribution in [-0.4, -0.2) is 23.6 Å². The summed E-state index contributed by atoms with van der Waals surface area (Å²) in [4.78, 5) is 20.8. The van der Waals surface area contributed by atoms with Crippen LogP contribution in [0.15, 0.2) is 58.0 Å². The first-order valence-electron chi connectivity index (χ1n) is 10.7. The van der Waals surface area contributed by atoms with E-state index in [1.165, 1.54) is 36.7 Å². The van der Waals surface area contributed by atoms with Crippen molar-refractivity contribution in [3.63, 3.8) is 0 Å². The fraction of sp³-hybridized carbons (Fsp3) is 0.208. The summed E-state index contributed by atoms with van der Waals surface area (Å²) in [5.74, 6) is -0.525. The van der Waals surface area contributed by atoms with E-state index in [-0.39, 0.29) is 45.6 Å². The molecule has 5 rings (SSSR count). The number of nitrogens with zero attached hydrogens (tertiary/aromatic N) is 2. The van der Waals surface area contributed by atoms with Crippen molar-refractivity contribution in [2.24, 2.45) is 0 Å². The Kier molecular flexibility index (Phi) is 5.94. The van der Waals surface area contributed by atoms with E-state index in [4.69, 9.17) is 20.8 Å². The summed E-state index contributed by atoms with van der Waals surface area (Å²) in [6, 6.07) is 9.17. The lowest BCUT2D eigenvalue weighted by atomic mass is 9.99. The number of hydrogen-bond donors (Lipinski definition) is 1. The van der Waals surface area contributed by atoms with Crippen LogP contribution in [0.25, 0.3) is 11.0 Å². The van der Waals surface area contributed by atoms with E-state index >= 15 is 4.39 Å². The van der Waals surface area contributed by atoms with Crippen molar-refractivity contribution in [2.75, 3.05) is 4.72 Å². The van der Waals surface area contributed by atoms with Crippen LogP contribution in [-0.2, 0) is 16.4 Å². The first-order chi connectivity index (χ1) is 16.7. The lowest BCUT2D eigenvalue weighted by Crippen LogP contribution is -2.19. The molecule has 1 aliphatic carbocycles. The van der Waals surface area contributed by atoms with Gasteiger partial charge in [-0.25, -0.2) is 27.6 Å². The van der Waals surface area contributed by atoms with Gasteiger partial charge in [0.2, 0.25) is 10.0 Å². The zero-order chi connectivity index (χ0) is 24.7. The number of aryl methyl sites for hydroxylation is 1. The second-order valence-electron chi connectivity index (χ2n) is 8.21. The van der Waals surface area contributed by atoms with Crippen LogP contribution in [0, 0.1) is 12.7 Å². The van der Waals surface area contributed by atoms with Crippen LogP contribution in [0.5, 0.6) is 11.8 Å².